The summed E-state index contributed by atoms with van der Waals surface area (Å²) in [6, 6.07) is 4.84. The van der Waals surface area contributed by atoms with Crippen LogP contribution in [0.15, 0.2) is 24.3 Å². The van der Waals surface area contributed by atoms with Crippen LogP contribution in [0.4, 0.5) is 13.2 Å². The Kier molecular flexibility index (Phi) is 3.02. The number of primary amides is 1. The maximum atomic E-state index is 13.3. The van der Waals surface area contributed by atoms with Crippen LogP contribution in [0.2, 0.25) is 0 Å². The SMILES string of the molecule is CC(F)C(F)(F)c1ccccc1C(N)=O. The highest BCUT2D eigenvalue weighted by molar-refractivity contribution is 5.94. The predicted molar refractivity (Wildman–Crippen MR) is 49.4 cm³/mol. The molecule has 0 saturated carbocycles. The Bertz CT molecular complexity index is 377. The van der Waals surface area contributed by atoms with Gasteiger partial charge in [0.15, 0.2) is 6.17 Å². The molecular formula is C10H10F3NO. The third kappa shape index (κ3) is 2.11. The van der Waals surface area contributed by atoms with E-state index in [4.69, 9.17) is 5.73 Å². The topological polar surface area (TPSA) is 43.1 Å². The number of nitrogens with two attached hydrogens (primary N) is 1. The number of carbonyl (C=O) groups is 1. The van der Waals surface area contributed by atoms with Crippen molar-refractivity contribution in [2.45, 2.75) is 19.0 Å². The fourth-order valence-corrected chi connectivity index (χ4v) is 1.20. The lowest BCUT2D eigenvalue weighted by atomic mass is 9.98. The lowest BCUT2D eigenvalue weighted by Gasteiger charge is -2.19. The van der Waals surface area contributed by atoms with Crippen molar-refractivity contribution in [1.82, 2.24) is 0 Å². The van der Waals surface area contributed by atoms with E-state index in [1.807, 2.05) is 0 Å². The van der Waals surface area contributed by atoms with E-state index in [1.54, 1.807) is 0 Å². The molecule has 5 heteroatoms. The highest BCUT2D eigenvalue weighted by atomic mass is 19.3. The van der Waals surface area contributed by atoms with Gasteiger partial charge in [0.05, 0.1) is 0 Å². The third-order valence-electron chi connectivity index (χ3n) is 2.05. The van der Waals surface area contributed by atoms with Crippen LogP contribution in [-0.2, 0) is 5.92 Å². The largest absolute Gasteiger partial charge is 0.366 e. The van der Waals surface area contributed by atoms with Crippen LogP contribution in [0.5, 0.6) is 0 Å². The lowest BCUT2D eigenvalue weighted by molar-refractivity contribution is -0.0716. The fourth-order valence-electron chi connectivity index (χ4n) is 1.20. The molecule has 1 aromatic rings. The van der Waals surface area contributed by atoms with Gasteiger partial charge in [-0.3, -0.25) is 4.79 Å². The van der Waals surface area contributed by atoms with Crippen LogP contribution in [0.1, 0.15) is 22.8 Å². The highest BCUT2D eigenvalue weighted by Crippen LogP contribution is 2.35. The van der Waals surface area contributed by atoms with Crippen molar-refractivity contribution in [3.05, 3.63) is 35.4 Å². The van der Waals surface area contributed by atoms with Gasteiger partial charge in [-0.05, 0) is 13.0 Å². The van der Waals surface area contributed by atoms with Gasteiger partial charge in [0.25, 0.3) is 0 Å². The first-order valence-corrected chi connectivity index (χ1v) is 4.28. The van der Waals surface area contributed by atoms with Crippen LogP contribution >= 0.6 is 0 Å². The zero-order valence-electron chi connectivity index (χ0n) is 8.01. The standard InChI is InChI=1S/C10H10F3NO/c1-6(11)10(12,13)8-5-3-2-4-7(8)9(14)15/h2-6H,1H3,(H2,14,15). The average molecular weight is 217 g/mol. The highest BCUT2D eigenvalue weighted by Gasteiger charge is 2.41. The Balaban J connectivity index is 3.31. The molecule has 0 aromatic heterocycles. The van der Waals surface area contributed by atoms with E-state index >= 15 is 0 Å². The smallest absolute Gasteiger partial charge is 0.304 e. The Morgan fingerprint density at radius 3 is 2.40 bits per heavy atom. The van der Waals surface area contributed by atoms with E-state index < -0.39 is 23.6 Å². The molecule has 0 heterocycles. The normalized spacial score (nSPS) is 13.6. The van der Waals surface area contributed by atoms with Crippen LogP contribution < -0.4 is 5.73 Å². The van der Waals surface area contributed by atoms with E-state index in [2.05, 4.69) is 0 Å². The molecular weight excluding hydrogens is 207 g/mol. The van der Waals surface area contributed by atoms with Gasteiger partial charge in [0.1, 0.15) is 0 Å². The van der Waals surface area contributed by atoms with Gasteiger partial charge >= 0.3 is 5.92 Å². The van der Waals surface area contributed by atoms with Crippen LogP contribution in [0.3, 0.4) is 0 Å². The number of amides is 1. The summed E-state index contributed by atoms with van der Waals surface area (Å²) >= 11 is 0. The Morgan fingerprint density at radius 1 is 1.40 bits per heavy atom. The fraction of sp³-hybridized carbons (Fsp3) is 0.300. The summed E-state index contributed by atoms with van der Waals surface area (Å²) in [4.78, 5) is 10.9. The first kappa shape index (κ1) is 11.6. The van der Waals surface area contributed by atoms with Crippen LogP contribution in [0, 0.1) is 0 Å². The first-order chi connectivity index (χ1) is 6.87. The maximum Gasteiger partial charge on any atom is 0.304 e. The summed E-state index contributed by atoms with van der Waals surface area (Å²) in [6.07, 6.45) is -2.38. The molecule has 82 valence electrons. The second kappa shape index (κ2) is 3.92. The molecule has 1 amide bonds. The molecule has 0 saturated heterocycles. The molecule has 1 rings (SSSR count). The molecule has 15 heavy (non-hydrogen) atoms. The third-order valence-corrected chi connectivity index (χ3v) is 2.05. The number of alkyl halides is 3. The van der Waals surface area contributed by atoms with Crippen LogP contribution in [-0.4, -0.2) is 12.1 Å². The van der Waals surface area contributed by atoms with Crippen molar-refractivity contribution >= 4 is 5.91 Å². The number of rotatable bonds is 3. The Morgan fingerprint density at radius 2 is 1.93 bits per heavy atom. The van der Waals surface area contributed by atoms with Gasteiger partial charge < -0.3 is 5.73 Å². The van der Waals surface area contributed by atoms with Gasteiger partial charge in [-0.2, -0.15) is 8.78 Å². The first-order valence-electron chi connectivity index (χ1n) is 4.28. The van der Waals surface area contributed by atoms with Crippen molar-refractivity contribution in [1.29, 1.82) is 0 Å². The molecule has 0 fully saturated rings. The van der Waals surface area contributed by atoms with Gasteiger partial charge in [-0.25, -0.2) is 4.39 Å². The number of hydrogen-bond acceptors (Lipinski definition) is 1. The Labute approximate surface area is 84.9 Å². The van der Waals surface area contributed by atoms with Gasteiger partial charge in [0, 0.05) is 11.1 Å². The van der Waals surface area contributed by atoms with E-state index in [0.29, 0.717) is 0 Å². The van der Waals surface area contributed by atoms with Gasteiger partial charge in [0.2, 0.25) is 5.91 Å². The van der Waals surface area contributed by atoms with Gasteiger partial charge in [-0.15, -0.1) is 0 Å². The number of benzene rings is 1. The zero-order valence-corrected chi connectivity index (χ0v) is 8.01. The molecule has 0 radical (unpaired) electrons. The number of hydrogen-bond donors (Lipinski definition) is 1. The minimum absolute atomic E-state index is 0.355. The molecule has 0 aliphatic heterocycles. The molecule has 0 bridgehead atoms. The van der Waals surface area contributed by atoms with E-state index in [1.165, 1.54) is 12.1 Å². The molecule has 0 spiro atoms. The second-order valence-corrected chi connectivity index (χ2v) is 3.15. The minimum Gasteiger partial charge on any atom is -0.366 e. The van der Waals surface area contributed by atoms with Crippen molar-refractivity contribution in [2.75, 3.05) is 0 Å². The summed E-state index contributed by atoms with van der Waals surface area (Å²) < 4.78 is 39.3. The molecule has 0 aliphatic rings. The van der Waals surface area contributed by atoms with E-state index in [-0.39, 0.29) is 5.56 Å². The summed E-state index contributed by atoms with van der Waals surface area (Å²) in [5, 5.41) is 0. The van der Waals surface area contributed by atoms with Crippen molar-refractivity contribution in [2.24, 2.45) is 5.73 Å². The molecule has 2 nitrogen and oxygen atoms in total. The summed E-state index contributed by atoms with van der Waals surface area (Å²) in [6.45, 7) is 0.734. The summed E-state index contributed by atoms with van der Waals surface area (Å²) in [7, 11) is 0. The van der Waals surface area contributed by atoms with Crippen LogP contribution in [0.25, 0.3) is 0 Å². The second-order valence-electron chi connectivity index (χ2n) is 3.15. The zero-order chi connectivity index (χ0) is 11.6. The maximum absolute atomic E-state index is 13.3. The number of halogens is 3. The lowest BCUT2D eigenvalue weighted by Crippen LogP contribution is -2.28. The molecule has 1 unspecified atom stereocenters. The molecule has 1 aromatic carbocycles. The Hall–Kier alpha value is -1.52. The monoisotopic (exact) mass is 217 g/mol. The minimum atomic E-state index is -3.70. The van der Waals surface area contributed by atoms with Crippen molar-refractivity contribution in [3.8, 4) is 0 Å². The molecule has 0 aliphatic carbocycles. The van der Waals surface area contributed by atoms with Gasteiger partial charge in [-0.1, -0.05) is 18.2 Å². The van der Waals surface area contributed by atoms with Crippen molar-refractivity contribution < 1.29 is 18.0 Å². The average Bonchev–Trinajstić information content (AvgIpc) is 2.17. The van der Waals surface area contributed by atoms with Crippen molar-refractivity contribution in [3.63, 3.8) is 0 Å². The quantitative estimate of drug-likeness (QED) is 0.828. The molecule has 2 N–H and O–H groups in total. The summed E-state index contributed by atoms with van der Waals surface area (Å²) in [5.74, 6) is -4.70. The predicted octanol–water partition coefficient (Wildman–Crippen LogP) is 2.24. The van der Waals surface area contributed by atoms with E-state index in [9.17, 15) is 18.0 Å². The number of carbonyl (C=O) groups excluding carboxylic acids is 1. The van der Waals surface area contributed by atoms with E-state index in [0.717, 1.165) is 19.1 Å². The molecule has 1 atom stereocenters. The summed E-state index contributed by atoms with van der Waals surface area (Å²) in [5.41, 5.74) is 3.89.